The Morgan fingerprint density at radius 3 is 2.92 bits per heavy atom. The van der Waals surface area contributed by atoms with Gasteiger partial charge in [-0.1, -0.05) is 35.5 Å². The summed E-state index contributed by atoms with van der Waals surface area (Å²) >= 11 is 9.19. The van der Waals surface area contributed by atoms with Gasteiger partial charge in [0.05, 0.1) is 4.88 Å². The van der Waals surface area contributed by atoms with E-state index < -0.39 is 0 Å². The van der Waals surface area contributed by atoms with E-state index in [9.17, 15) is 4.79 Å². The molecule has 0 atom stereocenters. The summed E-state index contributed by atoms with van der Waals surface area (Å²) in [4.78, 5) is 13.3. The van der Waals surface area contributed by atoms with Crippen LogP contribution in [-0.4, -0.2) is 26.4 Å². The average molecular weight is 405 g/mol. The van der Waals surface area contributed by atoms with Crippen LogP contribution in [0.2, 0.25) is 5.02 Å². The van der Waals surface area contributed by atoms with Gasteiger partial charge in [0.15, 0.2) is 11.0 Å². The summed E-state index contributed by atoms with van der Waals surface area (Å²) in [6.45, 7) is 0. The average Bonchev–Trinajstić information content (AvgIpc) is 3.14. The van der Waals surface area contributed by atoms with Crippen LogP contribution in [0.25, 0.3) is 10.7 Å². The Kier molecular flexibility index (Phi) is 5.28. The fraction of sp³-hybridized carbons (Fsp3) is 0.278. The van der Waals surface area contributed by atoms with Crippen LogP contribution in [0.4, 0.5) is 5.69 Å². The number of hydrogen-bond donors (Lipinski definition) is 1. The van der Waals surface area contributed by atoms with Crippen molar-refractivity contribution in [3.8, 4) is 10.7 Å². The second-order valence-corrected chi connectivity index (χ2v) is 8.49. The van der Waals surface area contributed by atoms with E-state index in [0.717, 1.165) is 15.9 Å². The molecule has 0 spiro atoms. The quantitative estimate of drug-likeness (QED) is 0.555. The van der Waals surface area contributed by atoms with E-state index in [0.29, 0.717) is 28.9 Å². The third-order valence-electron chi connectivity index (χ3n) is 3.99. The van der Waals surface area contributed by atoms with Gasteiger partial charge >= 0.3 is 0 Å². The molecule has 26 heavy (non-hydrogen) atoms. The van der Waals surface area contributed by atoms with Crippen molar-refractivity contribution in [2.75, 3.05) is 11.1 Å². The van der Waals surface area contributed by atoms with Gasteiger partial charge in [-0.3, -0.25) is 9.36 Å². The first kappa shape index (κ1) is 17.6. The lowest BCUT2D eigenvalue weighted by Gasteiger charge is -2.08. The first-order valence-corrected chi connectivity index (χ1v) is 10.6. The molecule has 2 heterocycles. The van der Waals surface area contributed by atoms with Crippen molar-refractivity contribution in [1.29, 1.82) is 0 Å². The summed E-state index contributed by atoms with van der Waals surface area (Å²) < 4.78 is 2.23. The van der Waals surface area contributed by atoms with Crippen LogP contribution in [0, 0.1) is 0 Å². The Labute approximate surface area is 164 Å². The lowest BCUT2D eigenvalue weighted by molar-refractivity contribution is -0.115. The number of rotatable bonds is 7. The summed E-state index contributed by atoms with van der Waals surface area (Å²) in [6, 6.07) is 11.8. The first-order chi connectivity index (χ1) is 12.7. The molecule has 1 amide bonds. The van der Waals surface area contributed by atoms with Crippen molar-refractivity contribution in [1.82, 2.24) is 14.8 Å². The van der Waals surface area contributed by atoms with Crippen molar-refractivity contribution < 1.29 is 4.79 Å². The fourth-order valence-corrected chi connectivity index (χ4v) is 4.47. The van der Waals surface area contributed by atoms with Crippen LogP contribution in [0.3, 0.4) is 0 Å². The Balaban J connectivity index is 1.37. The number of carbonyl (C=O) groups excluding carboxylic acids is 1. The molecular weight excluding hydrogens is 388 g/mol. The molecule has 134 valence electrons. The summed E-state index contributed by atoms with van der Waals surface area (Å²) in [5.74, 6) is 1.56. The van der Waals surface area contributed by atoms with Crippen LogP contribution in [0.1, 0.15) is 25.3 Å². The SMILES string of the molecule is O=C(CCSc1nnc(-c2cccs2)n1C1CC1)Nc1cccc(Cl)c1. The molecule has 2 aromatic heterocycles. The molecular formula is C18H17ClN4OS2. The highest BCUT2D eigenvalue weighted by Gasteiger charge is 2.30. The van der Waals surface area contributed by atoms with Crippen molar-refractivity contribution >= 4 is 46.3 Å². The Hall–Kier alpha value is -1.83. The largest absolute Gasteiger partial charge is 0.326 e. The third kappa shape index (κ3) is 4.11. The molecule has 1 aliphatic rings. The minimum absolute atomic E-state index is 0.0317. The highest BCUT2D eigenvalue weighted by Crippen LogP contribution is 2.41. The monoisotopic (exact) mass is 404 g/mol. The molecule has 1 aliphatic carbocycles. The molecule has 0 saturated heterocycles. The van der Waals surface area contributed by atoms with Crippen LogP contribution < -0.4 is 5.32 Å². The lowest BCUT2D eigenvalue weighted by Crippen LogP contribution is -2.12. The minimum atomic E-state index is -0.0317. The van der Waals surface area contributed by atoms with Crippen molar-refractivity contribution in [2.24, 2.45) is 0 Å². The minimum Gasteiger partial charge on any atom is -0.326 e. The van der Waals surface area contributed by atoms with E-state index in [-0.39, 0.29) is 5.91 Å². The fourth-order valence-electron chi connectivity index (χ4n) is 2.64. The third-order valence-corrected chi connectivity index (χ3v) is 6.03. The molecule has 0 bridgehead atoms. The smallest absolute Gasteiger partial charge is 0.225 e. The Morgan fingerprint density at radius 1 is 1.31 bits per heavy atom. The molecule has 4 rings (SSSR count). The number of carbonyl (C=O) groups is 1. The normalized spacial score (nSPS) is 13.7. The number of hydrogen-bond acceptors (Lipinski definition) is 5. The Bertz CT molecular complexity index is 906. The molecule has 0 radical (unpaired) electrons. The first-order valence-electron chi connectivity index (χ1n) is 8.38. The van der Waals surface area contributed by atoms with Crippen LogP contribution in [0.15, 0.2) is 46.9 Å². The molecule has 5 nitrogen and oxygen atoms in total. The van der Waals surface area contributed by atoms with Crippen molar-refractivity contribution in [3.05, 3.63) is 46.8 Å². The van der Waals surface area contributed by atoms with Crippen LogP contribution in [-0.2, 0) is 4.79 Å². The molecule has 1 fully saturated rings. The number of thioether (sulfide) groups is 1. The maximum absolute atomic E-state index is 12.1. The van der Waals surface area contributed by atoms with Crippen molar-refractivity contribution in [3.63, 3.8) is 0 Å². The molecule has 1 aromatic carbocycles. The lowest BCUT2D eigenvalue weighted by atomic mass is 10.3. The van der Waals surface area contributed by atoms with Crippen LogP contribution >= 0.6 is 34.7 Å². The zero-order valence-corrected chi connectivity index (χ0v) is 16.3. The highest BCUT2D eigenvalue weighted by atomic mass is 35.5. The van der Waals surface area contributed by atoms with E-state index in [4.69, 9.17) is 11.6 Å². The number of thiophene rings is 1. The molecule has 0 aliphatic heterocycles. The summed E-state index contributed by atoms with van der Waals surface area (Å²) in [5.41, 5.74) is 0.716. The molecule has 3 aromatic rings. The van der Waals surface area contributed by atoms with Crippen LogP contribution in [0.5, 0.6) is 0 Å². The molecule has 1 N–H and O–H groups in total. The van der Waals surface area contributed by atoms with Gasteiger partial charge in [-0.2, -0.15) is 0 Å². The predicted molar refractivity (Wildman–Crippen MR) is 107 cm³/mol. The number of aromatic nitrogens is 3. The zero-order valence-electron chi connectivity index (χ0n) is 13.9. The van der Waals surface area contributed by atoms with Gasteiger partial charge in [-0.05, 0) is 42.5 Å². The maximum Gasteiger partial charge on any atom is 0.225 e. The van der Waals surface area contributed by atoms with E-state index in [2.05, 4.69) is 26.1 Å². The highest BCUT2D eigenvalue weighted by molar-refractivity contribution is 7.99. The number of anilines is 1. The Morgan fingerprint density at radius 2 is 2.19 bits per heavy atom. The summed E-state index contributed by atoms with van der Waals surface area (Å²) in [7, 11) is 0. The second kappa shape index (κ2) is 7.82. The number of amides is 1. The summed E-state index contributed by atoms with van der Waals surface area (Å²) in [5, 5.41) is 15.2. The van der Waals surface area contributed by atoms with E-state index in [1.54, 1.807) is 35.2 Å². The van der Waals surface area contributed by atoms with E-state index >= 15 is 0 Å². The number of halogens is 1. The molecule has 0 unspecified atom stereocenters. The summed E-state index contributed by atoms with van der Waals surface area (Å²) in [6.07, 6.45) is 2.74. The van der Waals surface area contributed by atoms with Gasteiger partial charge in [0.25, 0.3) is 0 Å². The second-order valence-electron chi connectivity index (χ2n) is 6.04. The topological polar surface area (TPSA) is 59.8 Å². The zero-order chi connectivity index (χ0) is 17.9. The number of nitrogens with zero attached hydrogens (tertiary/aromatic N) is 3. The van der Waals surface area contributed by atoms with Gasteiger partial charge < -0.3 is 5.32 Å². The van der Waals surface area contributed by atoms with Gasteiger partial charge in [0, 0.05) is 28.9 Å². The van der Waals surface area contributed by atoms with Gasteiger partial charge in [-0.15, -0.1) is 21.5 Å². The van der Waals surface area contributed by atoms with E-state index in [1.807, 2.05) is 23.6 Å². The van der Waals surface area contributed by atoms with Gasteiger partial charge in [-0.25, -0.2) is 0 Å². The number of nitrogens with one attached hydrogen (secondary N) is 1. The standard InChI is InChI=1S/C18H17ClN4OS2/c19-12-3-1-4-13(11-12)20-16(24)8-10-26-18-22-21-17(15-5-2-9-25-15)23(18)14-6-7-14/h1-5,9,11,14H,6-8,10H2,(H,20,24). The molecule has 1 saturated carbocycles. The van der Waals surface area contributed by atoms with Gasteiger partial charge in [0.1, 0.15) is 0 Å². The van der Waals surface area contributed by atoms with Gasteiger partial charge in [0.2, 0.25) is 5.91 Å². The molecule has 8 heteroatoms. The number of benzene rings is 1. The van der Waals surface area contributed by atoms with E-state index in [1.165, 1.54) is 12.8 Å². The predicted octanol–water partition coefficient (Wildman–Crippen LogP) is 5.12. The van der Waals surface area contributed by atoms with Crippen molar-refractivity contribution in [2.45, 2.75) is 30.5 Å². The maximum atomic E-state index is 12.1.